The predicted octanol–water partition coefficient (Wildman–Crippen LogP) is 3.16. The van der Waals surface area contributed by atoms with Crippen molar-refractivity contribution in [2.45, 2.75) is 33.1 Å². The molecular formula is C17H23NO4. The number of anilines is 1. The fourth-order valence-corrected chi connectivity index (χ4v) is 2.42. The van der Waals surface area contributed by atoms with Gasteiger partial charge in [0.05, 0.1) is 18.4 Å². The first-order valence-corrected chi connectivity index (χ1v) is 7.74. The van der Waals surface area contributed by atoms with Crippen LogP contribution in [0.1, 0.15) is 33.1 Å². The highest BCUT2D eigenvalue weighted by atomic mass is 16.5. The Labute approximate surface area is 130 Å². The molecule has 1 aliphatic carbocycles. The lowest BCUT2D eigenvalue weighted by molar-refractivity contribution is -0.151. The van der Waals surface area contributed by atoms with Crippen LogP contribution in [0.2, 0.25) is 0 Å². The molecule has 1 aliphatic rings. The normalized spacial score (nSPS) is 20.3. The zero-order valence-electron chi connectivity index (χ0n) is 13.0. The molecular weight excluding hydrogens is 282 g/mol. The van der Waals surface area contributed by atoms with Crippen molar-refractivity contribution >= 4 is 17.6 Å². The van der Waals surface area contributed by atoms with Crippen molar-refractivity contribution in [2.75, 3.05) is 11.9 Å². The number of aliphatic carboxylic acids is 1. The zero-order chi connectivity index (χ0) is 16.1. The number of ether oxygens (including phenoxy) is 1. The van der Waals surface area contributed by atoms with Crippen LogP contribution in [0.4, 0.5) is 5.69 Å². The Kier molecular flexibility index (Phi) is 5.41. The summed E-state index contributed by atoms with van der Waals surface area (Å²) in [6, 6.07) is 7.21. The van der Waals surface area contributed by atoms with Gasteiger partial charge >= 0.3 is 5.97 Å². The van der Waals surface area contributed by atoms with Crippen molar-refractivity contribution in [1.82, 2.24) is 0 Å². The molecule has 2 rings (SSSR count). The molecule has 0 radical (unpaired) electrons. The van der Waals surface area contributed by atoms with Crippen molar-refractivity contribution in [2.24, 2.45) is 17.8 Å². The molecule has 120 valence electrons. The molecule has 2 N–H and O–H groups in total. The fraction of sp³-hybridized carbons (Fsp3) is 0.529. The quantitative estimate of drug-likeness (QED) is 0.811. The van der Waals surface area contributed by atoms with Crippen molar-refractivity contribution in [3.05, 3.63) is 24.3 Å². The number of carbonyl (C=O) groups is 2. The highest BCUT2D eigenvalue weighted by Gasteiger charge is 2.41. The molecule has 0 aliphatic heterocycles. The van der Waals surface area contributed by atoms with E-state index >= 15 is 0 Å². The first-order valence-electron chi connectivity index (χ1n) is 7.74. The van der Waals surface area contributed by atoms with Crippen molar-refractivity contribution in [3.8, 4) is 5.75 Å². The Morgan fingerprint density at radius 1 is 1.32 bits per heavy atom. The van der Waals surface area contributed by atoms with Gasteiger partial charge in [0.2, 0.25) is 5.91 Å². The van der Waals surface area contributed by atoms with E-state index in [-0.39, 0.29) is 5.91 Å². The van der Waals surface area contributed by atoms with Gasteiger partial charge in [0.25, 0.3) is 0 Å². The third kappa shape index (κ3) is 4.23. The minimum Gasteiger partial charge on any atom is -0.494 e. The number of carboxylic acids is 1. The van der Waals surface area contributed by atoms with E-state index in [9.17, 15) is 9.59 Å². The molecule has 1 aromatic carbocycles. The molecule has 1 fully saturated rings. The van der Waals surface area contributed by atoms with Gasteiger partial charge in [-0.3, -0.25) is 9.59 Å². The van der Waals surface area contributed by atoms with Crippen LogP contribution in [-0.4, -0.2) is 23.6 Å². The summed E-state index contributed by atoms with van der Waals surface area (Å²) in [5, 5.41) is 11.8. The first-order chi connectivity index (χ1) is 10.5. The van der Waals surface area contributed by atoms with Gasteiger partial charge in [-0.15, -0.1) is 0 Å². The SMILES string of the molecule is CC(C)CCOc1cccc(NC(=O)C2CCC2C(=O)O)c1. The van der Waals surface area contributed by atoms with Gasteiger partial charge in [0, 0.05) is 11.8 Å². The van der Waals surface area contributed by atoms with Crippen LogP contribution in [0.3, 0.4) is 0 Å². The number of hydrogen-bond acceptors (Lipinski definition) is 3. The molecule has 5 heteroatoms. The predicted molar refractivity (Wildman–Crippen MR) is 83.9 cm³/mol. The lowest BCUT2D eigenvalue weighted by Crippen LogP contribution is -2.41. The van der Waals surface area contributed by atoms with Gasteiger partial charge in [-0.2, -0.15) is 0 Å². The van der Waals surface area contributed by atoms with Gasteiger partial charge in [0.15, 0.2) is 0 Å². The molecule has 5 nitrogen and oxygen atoms in total. The van der Waals surface area contributed by atoms with Crippen LogP contribution in [0.15, 0.2) is 24.3 Å². The second-order valence-electron chi connectivity index (χ2n) is 6.18. The number of rotatable bonds is 7. The van der Waals surface area contributed by atoms with Crippen LogP contribution in [0.5, 0.6) is 5.75 Å². The highest BCUT2D eigenvalue weighted by molar-refractivity contribution is 5.96. The summed E-state index contributed by atoms with van der Waals surface area (Å²) in [7, 11) is 0. The Morgan fingerprint density at radius 3 is 2.64 bits per heavy atom. The lowest BCUT2D eigenvalue weighted by atomic mass is 9.73. The summed E-state index contributed by atoms with van der Waals surface area (Å²) in [4.78, 5) is 23.1. The highest BCUT2D eigenvalue weighted by Crippen LogP contribution is 2.35. The van der Waals surface area contributed by atoms with E-state index in [0.717, 1.165) is 6.42 Å². The maximum absolute atomic E-state index is 12.1. The molecule has 22 heavy (non-hydrogen) atoms. The second kappa shape index (κ2) is 7.29. The van der Waals surface area contributed by atoms with E-state index in [0.29, 0.717) is 36.8 Å². The van der Waals surface area contributed by atoms with Crippen molar-refractivity contribution in [3.63, 3.8) is 0 Å². The van der Waals surface area contributed by atoms with E-state index in [1.54, 1.807) is 12.1 Å². The Morgan fingerprint density at radius 2 is 2.05 bits per heavy atom. The molecule has 0 aromatic heterocycles. The first kappa shape index (κ1) is 16.3. The smallest absolute Gasteiger partial charge is 0.307 e. The molecule has 1 amide bonds. The number of amides is 1. The molecule has 2 atom stereocenters. The van der Waals surface area contributed by atoms with E-state index in [1.165, 1.54) is 0 Å². The van der Waals surface area contributed by atoms with Crippen LogP contribution >= 0.6 is 0 Å². The third-order valence-electron chi connectivity index (χ3n) is 3.99. The summed E-state index contributed by atoms with van der Waals surface area (Å²) in [6.45, 7) is 4.91. The summed E-state index contributed by atoms with van der Waals surface area (Å²) in [5.41, 5.74) is 0.642. The van der Waals surface area contributed by atoms with Crippen LogP contribution in [0, 0.1) is 17.8 Å². The van der Waals surface area contributed by atoms with Crippen LogP contribution < -0.4 is 10.1 Å². The number of carboxylic acid groups (broad SMARTS) is 1. The van der Waals surface area contributed by atoms with E-state index < -0.39 is 17.8 Å². The Balaban J connectivity index is 1.90. The number of carbonyl (C=O) groups excluding carboxylic acids is 1. The summed E-state index contributed by atoms with van der Waals surface area (Å²) < 4.78 is 5.65. The molecule has 0 spiro atoms. The van der Waals surface area contributed by atoms with Gasteiger partial charge in [0.1, 0.15) is 5.75 Å². The summed E-state index contributed by atoms with van der Waals surface area (Å²) >= 11 is 0. The van der Waals surface area contributed by atoms with Gasteiger partial charge < -0.3 is 15.2 Å². The van der Waals surface area contributed by atoms with E-state index in [1.807, 2.05) is 12.1 Å². The molecule has 1 saturated carbocycles. The average Bonchev–Trinajstić information content (AvgIpc) is 2.36. The molecule has 2 unspecified atom stereocenters. The minimum atomic E-state index is -0.892. The maximum atomic E-state index is 12.1. The van der Waals surface area contributed by atoms with Crippen LogP contribution in [0.25, 0.3) is 0 Å². The topological polar surface area (TPSA) is 75.6 Å². The largest absolute Gasteiger partial charge is 0.494 e. The van der Waals surface area contributed by atoms with Gasteiger partial charge in [-0.1, -0.05) is 19.9 Å². The Bertz CT molecular complexity index is 541. The number of nitrogens with one attached hydrogen (secondary N) is 1. The van der Waals surface area contributed by atoms with E-state index in [2.05, 4.69) is 19.2 Å². The number of hydrogen-bond donors (Lipinski definition) is 2. The molecule has 0 saturated heterocycles. The fourth-order valence-electron chi connectivity index (χ4n) is 2.42. The zero-order valence-corrected chi connectivity index (χ0v) is 13.0. The molecule has 0 bridgehead atoms. The monoisotopic (exact) mass is 305 g/mol. The summed E-state index contributed by atoms with van der Waals surface area (Å²) in [5.74, 6) is -0.806. The van der Waals surface area contributed by atoms with Crippen molar-refractivity contribution < 1.29 is 19.4 Å². The third-order valence-corrected chi connectivity index (χ3v) is 3.99. The summed E-state index contributed by atoms with van der Waals surface area (Å²) in [6.07, 6.45) is 2.18. The van der Waals surface area contributed by atoms with Crippen LogP contribution in [-0.2, 0) is 9.59 Å². The second-order valence-corrected chi connectivity index (χ2v) is 6.18. The minimum absolute atomic E-state index is 0.224. The van der Waals surface area contributed by atoms with Gasteiger partial charge in [-0.05, 0) is 37.3 Å². The van der Waals surface area contributed by atoms with E-state index in [4.69, 9.17) is 9.84 Å². The maximum Gasteiger partial charge on any atom is 0.307 e. The lowest BCUT2D eigenvalue weighted by Gasteiger charge is -2.31. The average molecular weight is 305 g/mol. The van der Waals surface area contributed by atoms with Gasteiger partial charge in [-0.25, -0.2) is 0 Å². The molecule has 0 heterocycles. The molecule has 1 aromatic rings. The van der Waals surface area contributed by atoms with Crippen molar-refractivity contribution in [1.29, 1.82) is 0 Å². The standard InChI is InChI=1S/C17H23NO4/c1-11(2)8-9-22-13-5-3-4-12(10-13)18-16(19)14-6-7-15(14)17(20)21/h3-5,10-11,14-15H,6-9H2,1-2H3,(H,18,19)(H,20,21). The number of benzene rings is 1. The Hall–Kier alpha value is -2.04.